The summed E-state index contributed by atoms with van der Waals surface area (Å²) >= 11 is 6.26. The van der Waals surface area contributed by atoms with E-state index in [4.69, 9.17) is 11.6 Å². The Balaban J connectivity index is 1.88. The van der Waals surface area contributed by atoms with Gasteiger partial charge in [0.1, 0.15) is 5.15 Å². The van der Waals surface area contributed by atoms with Crippen LogP contribution in [0.25, 0.3) is 10.9 Å². The molecule has 0 radical (unpaired) electrons. The number of fused-ring (bicyclic) bond motifs is 1. The molecular formula is C14H16ClN3. The Morgan fingerprint density at radius 2 is 2.17 bits per heavy atom. The van der Waals surface area contributed by atoms with Crippen molar-refractivity contribution >= 4 is 22.5 Å². The maximum absolute atomic E-state index is 6.26. The molecule has 0 aliphatic carbocycles. The lowest BCUT2D eigenvalue weighted by Crippen LogP contribution is -2.55. The van der Waals surface area contributed by atoms with Crippen molar-refractivity contribution in [2.24, 2.45) is 0 Å². The largest absolute Gasteiger partial charge is 0.314 e. The predicted octanol–water partition coefficient (Wildman–Crippen LogP) is 2.29. The summed E-state index contributed by atoms with van der Waals surface area (Å²) in [6.45, 7) is 2.98. The van der Waals surface area contributed by atoms with Crippen LogP contribution in [0.15, 0.2) is 30.3 Å². The van der Waals surface area contributed by atoms with E-state index in [-0.39, 0.29) is 0 Å². The Hall–Kier alpha value is -1.16. The third-order valence-corrected chi connectivity index (χ3v) is 3.88. The van der Waals surface area contributed by atoms with Crippen LogP contribution >= 0.6 is 11.6 Å². The maximum atomic E-state index is 6.26. The molecule has 0 unspecified atom stereocenters. The van der Waals surface area contributed by atoms with Crippen molar-refractivity contribution in [2.75, 3.05) is 20.1 Å². The highest BCUT2D eigenvalue weighted by molar-refractivity contribution is 6.30. The van der Waals surface area contributed by atoms with Crippen LogP contribution in [-0.4, -0.2) is 36.1 Å². The van der Waals surface area contributed by atoms with Gasteiger partial charge in [0.05, 0.1) is 5.52 Å². The number of nitrogens with zero attached hydrogens (tertiary/aromatic N) is 2. The topological polar surface area (TPSA) is 28.2 Å². The zero-order chi connectivity index (χ0) is 12.5. The summed E-state index contributed by atoms with van der Waals surface area (Å²) in [4.78, 5) is 6.78. The predicted molar refractivity (Wildman–Crippen MR) is 74.9 cm³/mol. The number of hydrogen-bond donors (Lipinski definition) is 1. The second-order valence-corrected chi connectivity index (χ2v) is 5.22. The SMILES string of the molecule is CN(Cc1cc2ccccc2nc1Cl)C1CNC1. The first-order chi connectivity index (χ1) is 8.74. The lowest BCUT2D eigenvalue weighted by molar-refractivity contribution is 0.173. The molecule has 0 saturated carbocycles. The molecule has 1 N–H and O–H groups in total. The van der Waals surface area contributed by atoms with Crippen molar-refractivity contribution < 1.29 is 0 Å². The van der Waals surface area contributed by atoms with Crippen LogP contribution in [0.1, 0.15) is 5.56 Å². The highest BCUT2D eigenvalue weighted by atomic mass is 35.5. The molecule has 1 aromatic carbocycles. The minimum atomic E-state index is 0.618. The zero-order valence-corrected chi connectivity index (χ0v) is 11.1. The Kier molecular flexibility index (Phi) is 3.20. The zero-order valence-electron chi connectivity index (χ0n) is 10.4. The lowest BCUT2D eigenvalue weighted by atomic mass is 10.1. The van der Waals surface area contributed by atoms with Crippen LogP contribution in [0.5, 0.6) is 0 Å². The van der Waals surface area contributed by atoms with Crippen molar-refractivity contribution in [1.29, 1.82) is 0 Å². The molecule has 1 saturated heterocycles. The molecule has 0 bridgehead atoms. The normalized spacial score (nSPS) is 16.2. The number of nitrogens with one attached hydrogen (secondary N) is 1. The Labute approximate surface area is 112 Å². The van der Waals surface area contributed by atoms with Gasteiger partial charge in [-0.15, -0.1) is 0 Å². The van der Waals surface area contributed by atoms with Gasteiger partial charge in [-0.1, -0.05) is 29.8 Å². The number of rotatable bonds is 3. The van der Waals surface area contributed by atoms with Gasteiger partial charge in [-0.2, -0.15) is 0 Å². The van der Waals surface area contributed by atoms with E-state index in [0.29, 0.717) is 11.2 Å². The van der Waals surface area contributed by atoms with Gasteiger partial charge in [0.15, 0.2) is 0 Å². The van der Waals surface area contributed by atoms with Gasteiger partial charge in [-0.25, -0.2) is 4.98 Å². The third kappa shape index (κ3) is 2.21. The molecule has 1 fully saturated rings. The fraction of sp³-hybridized carbons (Fsp3) is 0.357. The molecule has 1 aromatic heterocycles. The molecule has 0 atom stereocenters. The number of pyridine rings is 1. The first-order valence-corrected chi connectivity index (χ1v) is 6.57. The van der Waals surface area contributed by atoms with Crippen LogP contribution in [0.2, 0.25) is 5.15 Å². The number of halogens is 1. The first kappa shape index (κ1) is 11.9. The van der Waals surface area contributed by atoms with Crippen LogP contribution in [-0.2, 0) is 6.54 Å². The van der Waals surface area contributed by atoms with E-state index in [9.17, 15) is 0 Å². The molecule has 1 aliphatic rings. The molecule has 4 heteroatoms. The molecule has 2 aromatic rings. The van der Waals surface area contributed by atoms with Gasteiger partial charge in [0, 0.05) is 36.6 Å². The number of hydrogen-bond acceptors (Lipinski definition) is 3. The molecule has 0 amide bonds. The Bertz CT molecular complexity index is 566. The average molecular weight is 262 g/mol. The van der Waals surface area contributed by atoms with Crippen molar-refractivity contribution in [1.82, 2.24) is 15.2 Å². The van der Waals surface area contributed by atoms with Crippen molar-refractivity contribution in [2.45, 2.75) is 12.6 Å². The van der Waals surface area contributed by atoms with E-state index >= 15 is 0 Å². The second-order valence-electron chi connectivity index (χ2n) is 4.86. The number of benzene rings is 1. The summed E-state index contributed by atoms with van der Waals surface area (Å²) in [5.74, 6) is 0. The van der Waals surface area contributed by atoms with E-state index in [1.54, 1.807) is 0 Å². The highest BCUT2D eigenvalue weighted by Crippen LogP contribution is 2.22. The summed E-state index contributed by atoms with van der Waals surface area (Å²) < 4.78 is 0. The fourth-order valence-corrected chi connectivity index (χ4v) is 2.44. The standard InChI is InChI=1S/C14H16ClN3/c1-18(12-7-16-8-12)9-11-6-10-4-2-3-5-13(10)17-14(11)15/h2-6,12,16H,7-9H2,1H3. The quantitative estimate of drug-likeness (QED) is 0.860. The number of likely N-dealkylation sites (N-methyl/N-ethyl adjacent to an activating group) is 1. The third-order valence-electron chi connectivity index (χ3n) is 3.55. The van der Waals surface area contributed by atoms with Gasteiger partial charge in [0.2, 0.25) is 0 Å². The lowest BCUT2D eigenvalue weighted by Gasteiger charge is -2.35. The van der Waals surface area contributed by atoms with Crippen molar-refractivity contribution in [3.05, 3.63) is 41.0 Å². The summed E-state index contributed by atoms with van der Waals surface area (Å²) in [5.41, 5.74) is 2.06. The fourth-order valence-electron chi connectivity index (χ4n) is 2.23. The van der Waals surface area contributed by atoms with Crippen LogP contribution < -0.4 is 5.32 Å². The average Bonchev–Trinajstić information content (AvgIpc) is 2.27. The molecule has 2 heterocycles. The molecular weight excluding hydrogens is 246 g/mol. The minimum Gasteiger partial charge on any atom is -0.314 e. The summed E-state index contributed by atoms with van der Waals surface area (Å²) in [6.07, 6.45) is 0. The van der Waals surface area contributed by atoms with Gasteiger partial charge in [0.25, 0.3) is 0 Å². The van der Waals surface area contributed by atoms with Crippen LogP contribution in [0.4, 0.5) is 0 Å². The van der Waals surface area contributed by atoms with Crippen LogP contribution in [0.3, 0.4) is 0 Å². The molecule has 3 nitrogen and oxygen atoms in total. The Morgan fingerprint density at radius 3 is 2.89 bits per heavy atom. The van der Waals surface area contributed by atoms with E-state index in [2.05, 4.69) is 34.4 Å². The molecule has 1 aliphatic heterocycles. The van der Waals surface area contributed by atoms with Gasteiger partial charge in [-0.05, 0) is 19.2 Å². The summed E-state index contributed by atoms with van der Waals surface area (Å²) in [6, 6.07) is 10.8. The molecule has 0 spiro atoms. The second kappa shape index (κ2) is 4.84. The molecule has 94 valence electrons. The monoisotopic (exact) mass is 261 g/mol. The van der Waals surface area contributed by atoms with E-state index < -0.39 is 0 Å². The highest BCUT2D eigenvalue weighted by Gasteiger charge is 2.22. The smallest absolute Gasteiger partial charge is 0.134 e. The van der Waals surface area contributed by atoms with Crippen LogP contribution in [0, 0.1) is 0 Å². The first-order valence-electron chi connectivity index (χ1n) is 6.19. The van der Waals surface area contributed by atoms with Gasteiger partial charge >= 0.3 is 0 Å². The number of aromatic nitrogens is 1. The van der Waals surface area contributed by atoms with E-state index in [1.165, 1.54) is 0 Å². The number of para-hydroxylation sites is 1. The summed E-state index contributed by atoms with van der Waals surface area (Å²) in [7, 11) is 2.14. The maximum Gasteiger partial charge on any atom is 0.134 e. The van der Waals surface area contributed by atoms with Gasteiger partial charge < -0.3 is 5.32 Å². The molecule has 18 heavy (non-hydrogen) atoms. The van der Waals surface area contributed by atoms with E-state index in [1.807, 2.05) is 18.2 Å². The minimum absolute atomic E-state index is 0.618. The van der Waals surface area contributed by atoms with Crippen molar-refractivity contribution in [3.8, 4) is 0 Å². The van der Waals surface area contributed by atoms with Gasteiger partial charge in [-0.3, -0.25) is 4.90 Å². The summed E-state index contributed by atoms with van der Waals surface area (Å²) in [5, 5.41) is 5.05. The molecule has 3 rings (SSSR count). The van der Waals surface area contributed by atoms with E-state index in [0.717, 1.165) is 36.1 Å². The van der Waals surface area contributed by atoms with Crippen molar-refractivity contribution in [3.63, 3.8) is 0 Å². The Morgan fingerprint density at radius 1 is 1.39 bits per heavy atom.